The van der Waals surface area contributed by atoms with Crippen LogP contribution in [0.15, 0.2) is 0 Å². The van der Waals surface area contributed by atoms with E-state index in [0.717, 1.165) is 38.5 Å². The van der Waals surface area contributed by atoms with Crippen molar-refractivity contribution in [1.82, 2.24) is 0 Å². The molecule has 9 aliphatic rings. The third-order valence-electron chi connectivity index (χ3n) is 18.2. The second-order valence-corrected chi connectivity index (χ2v) is 21.2. The summed E-state index contributed by atoms with van der Waals surface area (Å²) >= 11 is 0. The third-order valence-corrected chi connectivity index (χ3v) is 18.2. The van der Waals surface area contributed by atoms with Gasteiger partial charge in [-0.1, -0.05) is 27.7 Å². The van der Waals surface area contributed by atoms with Crippen LogP contribution in [0, 0.1) is 46.3 Å². The Kier molecular flexibility index (Phi) is 12.6. The van der Waals surface area contributed by atoms with Crippen LogP contribution in [0.25, 0.3) is 0 Å². The zero-order valence-electron chi connectivity index (χ0n) is 36.5. The molecule has 0 aromatic rings. The molecule has 27 atom stereocenters. The van der Waals surface area contributed by atoms with Crippen molar-refractivity contribution in [3.8, 4) is 0 Å². The Morgan fingerprint density at radius 2 is 1.39 bits per heavy atom. The van der Waals surface area contributed by atoms with Gasteiger partial charge in [-0.05, 0) is 86.9 Å². The quantitative estimate of drug-likeness (QED) is 0.147. The molecule has 10 N–H and O–H groups in total. The highest BCUT2D eigenvalue weighted by atomic mass is 16.8. The number of fused-ring (bicyclic) bond motifs is 7. The topological polar surface area (TPSA) is 276 Å². The van der Waals surface area contributed by atoms with Crippen LogP contribution in [0.2, 0.25) is 0 Å². The van der Waals surface area contributed by atoms with Crippen LogP contribution in [0.3, 0.4) is 0 Å². The summed E-state index contributed by atoms with van der Waals surface area (Å²) in [5.74, 6) is -0.0172. The molecule has 0 aromatic carbocycles. The van der Waals surface area contributed by atoms with Gasteiger partial charge in [-0.25, -0.2) is 0 Å². The summed E-state index contributed by atoms with van der Waals surface area (Å²) in [6, 6.07) is 0. The van der Waals surface area contributed by atoms with Crippen molar-refractivity contribution >= 4 is 0 Å². The number of rotatable bonds is 7. The van der Waals surface area contributed by atoms with Gasteiger partial charge in [0.25, 0.3) is 0 Å². The van der Waals surface area contributed by atoms with E-state index in [4.69, 9.17) is 37.9 Å². The number of ether oxygens (including phenoxy) is 8. The Hall–Kier alpha value is -0.720. The van der Waals surface area contributed by atoms with Gasteiger partial charge in [0.15, 0.2) is 24.7 Å². The minimum Gasteiger partial charge on any atom is -0.394 e. The van der Waals surface area contributed by atoms with Crippen molar-refractivity contribution < 1.29 is 89.0 Å². The molecular formula is C44H72O18. The maximum atomic E-state index is 13.0. The average Bonchev–Trinajstić information content (AvgIpc) is 3.60. The Morgan fingerprint density at radius 3 is 2.10 bits per heavy atom. The van der Waals surface area contributed by atoms with Crippen molar-refractivity contribution in [2.24, 2.45) is 46.3 Å². The fourth-order valence-corrected chi connectivity index (χ4v) is 14.4. The molecule has 0 unspecified atom stereocenters. The van der Waals surface area contributed by atoms with Gasteiger partial charge in [0, 0.05) is 24.2 Å². The lowest BCUT2D eigenvalue weighted by atomic mass is 9.43. The number of aliphatic hydroxyl groups is 10. The first-order valence-electron chi connectivity index (χ1n) is 23.3. The monoisotopic (exact) mass is 888 g/mol. The van der Waals surface area contributed by atoms with E-state index < -0.39 is 134 Å². The van der Waals surface area contributed by atoms with Crippen LogP contribution in [0.5, 0.6) is 0 Å². The molecule has 0 amide bonds. The average molecular weight is 889 g/mol. The van der Waals surface area contributed by atoms with Crippen molar-refractivity contribution in [3.05, 3.63) is 0 Å². The summed E-state index contributed by atoms with van der Waals surface area (Å²) in [5.41, 5.74) is -2.01. The van der Waals surface area contributed by atoms with Gasteiger partial charge >= 0.3 is 0 Å². The summed E-state index contributed by atoms with van der Waals surface area (Å²) in [4.78, 5) is 0. The molecule has 5 heterocycles. The summed E-state index contributed by atoms with van der Waals surface area (Å²) in [6.45, 7) is 9.84. The smallest absolute Gasteiger partial charge is 0.187 e. The highest BCUT2D eigenvalue weighted by Crippen LogP contribution is 2.73. The molecule has 5 aliphatic heterocycles. The molecule has 18 heteroatoms. The van der Waals surface area contributed by atoms with Crippen molar-refractivity contribution in [2.45, 2.75) is 208 Å². The molecule has 9 rings (SSSR count). The van der Waals surface area contributed by atoms with Gasteiger partial charge in [-0.2, -0.15) is 0 Å². The number of aliphatic hydroxyl groups excluding tert-OH is 9. The van der Waals surface area contributed by atoms with E-state index in [0.29, 0.717) is 25.4 Å². The van der Waals surface area contributed by atoms with E-state index in [1.165, 1.54) is 0 Å². The van der Waals surface area contributed by atoms with Gasteiger partial charge in [-0.15, -0.1) is 0 Å². The number of hydrogen-bond donors (Lipinski definition) is 10. The lowest BCUT2D eigenvalue weighted by Gasteiger charge is -2.64. The fraction of sp³-hybridized carbons (Fsp3) is 1.00. The summed E-state index contributed by atoms with van der Waals surface area (Å²) in [7, 11) is 0. The molecule has 5 saturated heterocycles. The molecule has 356 valence electrons. The first-order valence-corrected chi connectivity index (χ1v) is 23.3. The Morgan fingerprint density at radius 1 is 0.661 bits per heavy atom. The predicted molar refractivity (Wildman–Crippen MR) is 211 cm³/mol. The number of hydrogen-bond acceptors (Lipinski definition) is 18. The van der Waals surface area contributed by atoms with E-state index in [1.807, 2.05) is 0 Å². The summed E-state index contributed by atoms with van der Waals surface area (Å²) in [6.07, 6.45) is -16.7. The van der Waals surface area contributed by atoms with Crippen LogP contribution in [-0.2, 0) is 37.9 Å². The van der Waals surface area contributed by atoms with Gasteiger partial charge < -0.3 is 89.0 Å². The van der Waals surface area contributed by atoms with E-state index >= 15 is 0 Å². The normalized spacial score (nSPS) is 60.1. The zero-order valence-corrected chi connectivity index (χ0v) is 36.5. The minimum atomic E-state index is -1.84. The van der Waals surface area contributed by atoms with Gasteiger partial charge in [0.05, 0.1) is 44.2 Å². The lowest BCUT2D eigenvalue weighted by Crippen LogP contribution is -2.67. The van der Waals surface area contributed by atoms with E-state index in [9.17, 15) is 51.1 Å². The molecule has 62 heavy (non-hydrogen) atoms. The second kappa shape index (κ2) is 16.8. The Labute approximate surface area is 362 Å². The molecule has 18 nitrogen and oxygen atoms in total. The largest absolute Gasteiger partial charge is 0.394 e. The molecule has 0 aromatic heterocycles. The maximum absolute atomic E-state index is 13.0. The van der Waals surface area contributed by atoms with Gasteiger partial charge in [-0.3, -0.25) is 0 Å². The molecule has 0 radical (unpaired) electrons. The standard InChI is InChI=1S/C44H72O18/c1-18-8-11-43(56-16-18)20(3)44(54)29(62-43)14-25-23-7-6-21-12-22(46)13-28(42(21,5)24(23)9-10-41(25,44)4)59-40-37(61-39-35(53)33(51)32(50)27(15-45)58-39)36(30(48)19(2)57-40)60-38-34(52)31(49)26(47)17-55-38/h18-40,45-54H,6-17H2,1-5H3/t18-,19+,20+,21+,22+,23+,24-,25-,26+,27+,28+,29-,30+,31-,32+,33-,34+,35+,36-,37+,38-,39-,40-,41-,42-,43+,44+/m0/s1. The van der Waals surface area contributed by atoms with E-state index in [-0.39, 0.29) is 42.1 Å². The third kappa shape index (κ3) is 7.03. The molecule has 4 aliphatic carbocycles. The van der Waals surface area contributed by atoms with Gasteiger partial charge in [0.2, 0.25) is 0 Å². The summed E-state index contributed by atoms with van der Waals surface area (Å²) in [5, 5.41) is 110. The first-order chi connectivity index (χ1) is 29.3. The fourth-order valence-electron chi connectivity index (χ4n) is 14.4. The van der Waals surface area contributed by atoms with Crippen LogP contribution < -0.4 is 0 Å². The Bertz CT molecular complexity index is 1580. The van der Waals surface area contributed by atoms with E-state index in [2.05, 4.69) is 27.7 Å². The van der Waals surface area contributed by atoms with Crippen LogP contribution in [-0.4, -0.2) is 187 Å². The highest BCUT2D eigenvalue weighted by molar-refractivity contribution is 5.23. The zero-order chi connectivity index (χ0) is 44.4. The molecule has 4 saturated carbocycles. The van der Waals surface area contributed by atoms with Crippen LogP contribution >= 0.6 is 0 Å². The highest BCUT2D eigenvalue weighted by Gasteiger charge is 2.77. The van der Waals surface area contributed by atoms with Crippen molar-refractivity contribution in [1.29, 1.82) is 0 Å². The van der Waals surface area contributed by atoms with E-state index in [1.54, 1.807) is 6.92 Å². The van der Waals surface area contributed by atoms with Gasteiger partial charge in [0.1, 0.15) is 66.6 Å². The Balaban J connectivity index is 1.01. The molecule has 1 spiro atoms. The van der Waals surface area contributed by atoms with Crippen molar-refractivity contribution in [3.63, 3.8) is 0 Å². The maximum Gasteiger partial charge on any atom is 0.187 e. The SMILES string of the molecule is C[C@H]1CC[C@@]2(OC1)O[C@H]1C[C@H]3[C@@H]4CC[C@@H]5C[C@@H](O)C[C@@H](O[C@@H]6O[C@H](C)[C@@H](O)[C@H](O[C@@H]7OC[C@@H](O)[C@H](O)[C@H]7O)[C@H]6O[C@@H]6O[C@H](CO)[C@@H](O)[C@H](O)[C@H]6O)[C@]5(C)[C@H]4CC[C@]3(C)[C@@]1(O)[C@@H]2C. The van der Waals surface area contributed by atoms with Crippen molar-refractivity contribution in [2.75, 3.05) is 19.8 Å². The van der Waals surface area contributed by atoms with Crippen LogP contribution in [0.1, 0.15) is 92.4 Å². The predicted octanol–water partition coefficient (Wildman–Crippen LogP) is -0.981. The molecule has 0 bridgehead atoms. The molecular weight excluding hydrogens is 816 g/mol. The van der Waals surface area contributed by atoms with Crippen LogP contribution in [0.4, 0.5) is 0 Å². The first kappa shape index (κ1) is 46.4. The second-order valence-electron chi connectivity index (χ2n) is 21.2. The molecule has 9 fully saturated rings. The minimum absolute atomic E-state index is 0.0593. The summed E-state index contributed by atoms with van der Waals surface area (Å²) < 4.78 is 50.6. The lowest BCUT2D eigenvalue weighted by molar-refractivity contribution is -0.395.